The maximum atomic E-state index is 13.8. The lowest BCUT2D eigenvalue weighted by Gasteiger charge is -2.31. The molecule has 208 valence electrons. The fourth-order valence-electron chi connectivity index (χ4n) is 4.98. The molecule has 5 rings (SSSR count). The summed E-state index contributed by atoms with van der Waals surface area (Å²) in [6.07, 6.45) is 0. The van der Waals surface area contributed by atoms with Gasteiger partial charge in [-0.25, -0.2) is 4.98 Å². The number of carbonyl (C=O) groups is 1. The Hall–Kier alpha value is -4.14. The number of nitrogens with zero attached hydrogens (tertiary/aromatic N) is 3. The van der Waals surface area contributed by atoms with E-state index < -0.39 is 0 Å². The first-order valence-electron chi connectivity index (χ1n) is 13.4. The van der Waals surface area contributed by atoms with Crippen molar-refractivity contribution in [3.63, 3.8) is 0 Å². The highest BCUT2D eigenvalue weighted by atomic mass is 16.5. The molecule has 0 unspecified atom stereocenters. The van der Waals surface area contributed by atoms with Gasteiger partial charge in [0.2, 0.25) is 0 Å². The van der Waals surface area contributed by atoms with Gasteiger partial charge in [-0.1, -0.05) is 42.5 Å². The maximum Gasteiger partial charge on any atom is 0.254 e. The van der Waals surface area contributed by atoms with Crippen LogP contribution in [0.15, 0.2) is 72.8 Å². The van der Waals surface area contributed by atoms with Gasteiger partial charge in [0.15, 0.2) is 11.5 Å². The number of carbonyl (C=O) groups excluding carboxylic acids is 1. The molecule has 4 aromatic rings. The van der Waals surface area contributed by atoms with Crippen LogP contribution in [0.4, 0.5) is 5.82 Å². The van der Waals surface area contributed by atoms with Crippen molar-refractivity contribution >= 4 is 22.6 Å². The molecule has 0 spiro atoms. The molecule has 8 heteroatoms. The standard InChI is InChI=1S/C32H35N3O5/c1-37-16-13-35(32(36)25-11-9-24(10-12-25)23-7-5-4-6-8-23)22-27-19-26-20-29(38-2)30(39-3)21-28(26)33-31(27)34-14-17-40-18-15-34/h4-12,19-21H,13-18,22H2,1-3H3. The number of morpholine rings is 1. The number of methoxy groups -OCH3 is 3. The summed E-state index contributed by atoms with van der Waals surface area (Å²) in [6.45, 7) is 3.97. The maximum absolute atomic E-state index is 13.8. The van der Waals surface area contributed by atoms with Gasteiger partial charge in [-0.2, -0.15) is 0 Å². The molecular weight excluding hydrogens is 506 g/mol. The van der Waals surface area contributed by atoms with Crippen LogP contribution in [-0.4, -0.2) is 76.6 Å². The SMILES string of the molecule is COCCN(Cc1cc2cc(OC)c(OC)cc2nc1N1CCOCC1)C(=O)c1ccc(-c2ccccc2)cc1. The van der Waals surface area contributed by atoms with E-state index in [0.717, 1.165) is 46.5 Å². The van der Waals surface area contributed by atoms with Crippen molar-refractivity contribution < 1.29 is 23.7 Å². The fourth-order valence-corrected chi connectivity index (χ4v) is 4.98. The molecule has 1 aliphatic heterocycles. The number of hydrogen-bond donors (Lipinski definition) is 0. The van der Waals surface area contributed by atoms with Gasteiger partial charge in [-0.3, -0.25) is 4.79 Å². The largest absolute Gasteiger partial charge is 0.493 e. The number of aromatic nitrogens is 1. The Kier molecular flexibility index (Phi) is 8.78. The van der Waals surface area contributed by atoms with Crippen molar-refractivity contribution in [2.45, 2.75) is 6.54 Å². The van der Waals surface area contributed by atoms with E-state index in [-0.39, 0.29) is 5.91 Å². The topological polar surface area (TPSA) is 73.4 Å². The molecule has 0 saturated carbocycles. The molecule has 0 radical (unpaired) electrons. The lowest BCUT2D eigenvalue weighted by Crippen LogP contribution is -2.39. The molecule has 40 heavy (non-hydrogen) atoms. The van der Waals surface area contributed by atoms with Crippen LogP contribution < -0.4 is 14.4 Å². The van der Waals surface area contributed by atoms with Gasteiger partial charge in [-0.15, -0.1) is 0 Å². The Morgan fingerprint density at radius 1 is 0.900 bits per heavy atom. The van der Waals surface area contributed by atoms with Crippen molar-refractivity contribution in [2.75, 3.05) is 65.7 Å². The number of anilines is 1. The van der Waals surface area contributed by atoms with Gasteiger partial charge < -0.3 is 28.7 Å². The number of fused-ring (bicyclic) bond motifs is 1. The molecule has 1 amide bonds. The summed E-state index contributed by atoms with van der Waals surface area (Å²) < 4.78 is 22.0. The fraction of sp³-hybridized carbons (Fsp3) is 0.312. The third-order valence-electron chi connectivity index (χ3n) is 7.14. The van der Waals surface area contributed by atoms with E-state index in [2.05, 4.69) is 23.1 Å². The predicted molar refractivity (Wildman–Crippen MR) is 156 cm³/mol. The van der Waals surface area contributed by atoms with Crippen LogP contribution in [0.2, 0.25) is 0 Å². The first-order chi connectivity index (χ1) is 19.6. The van der Waals surface area contributed by atoms with Crippen molar-refractivity contribution in [3.05, 3.63) is 83.9 Å². The average Bonchev–Trinajstić information content (AvgIpc) is 3.02. The summed E-state index contributed by atoms with van der Waals surface area (Å²) in [5.74, 6) is 2.04. The number of hydrogen-bond acceptors (Lipinski definition) is 7. The van der Waals surface area contributed by atoms with Crippen LogP contribution in [-0.2, 0) is 16.0 Å². The third kappa shape index (κ3) is 6.03. The van der Waals surface area contributed by atoms with Gasteiger partial charge >= 0.3 is 0 Å². The van der Waals surface area contributed by atoms with Crippen LogP contribution in [0, 0.1) is 0 Å². The third-order valence-corrected chi connectivity index (χ3v) is 7.14. The zero-order valence-electron chi connectivity index (χ0n) is 23.3. The van der Waals surface area contributed by atoms with E-state index >= 15 is 0 Å². The molecule has 0 atom stereocenters. The summed E-state index contributed by atoms with van der Waals surface area (Å²) >= 11 is 0. The molecule has 3 aromatic carbocycles. The quantitative estimate of drug-likeness (QED) is 0.278. The molecule has 0 bridgehead atoms. The monoisotopic (exact) mass is 541 g/mol. The minimum atomic E-state index is -0.0583. The zero-order chi connectivity index (χ0) is 27.9. The smallest absolute Gasteiger partial charge is 0.254 e. The van der Waals surface area contributed by atoms with E-state index in [4.69, 9.17) is 23.9 Å². The second-order valence-electron chi connectivity index (χ2n) is 9.63. The predicted octanol–water partition coefficient (Wildman–Crippen LogP) is 5.04. The van der Waals surface area contributed by atoms with E-state index in [1.807, 2.05) is 59.5 Å². The highest BCUT2D eigenvalue weighted by Gasteiger charge is 2.23. The average molecular weight is 542 g/mol. The van der Waals surface area contributed by atoms with Gasteiger partial charge in [0.1, 0.15) is 5.82 Å². The first kappa shape index (κ1) is 27.4. The lowest BCUT2D eigenvalue weighted by atomic mass is 10.0. The second kappa shape index (κ2) is 12.8. The Balaban J connectivity index is 1.50. The van der Waals surface area contributed by atoms with E-state index in [0.29, 0.717) is 50.0 Å². The number of pyridine rings is 1. The van der Waals surface area contributed by atoms with Gasteiger partial charge in [-0.05, 0) is 35.4 Å². The first-order valence-corrected chi connectivity index (χ1v) is 13.4. The molecular formula is C32H35N3O5. The lowest BCUT2D eigenvalue weighted by molar-refractivity contribution is 0.0680. The minimum absolute atomic E-state index is 0.0583. The van der Waals surface area contributed by atoms with Crippen LogP contribution >= 0.6 is 0 Å². The van der Waals surface area contributed by atoms with Crippen molar-refractivity contribution in [3.8, 4) is 22.6 Å². The Morgan fingerprint density at radius 2 is 1.57 bits per heavy atom. The summed E-state index contributed by atoms with van der Waals surface area (Å²) in [5, 5.41) is 0.913. The number of ether oxygens (including phenoxy) is 4. The second-order valence-corrected chi connectivity index (χ2v) is 9.63. The Bertz CT molecular complexity index is 1440. The van der Waals surface area contributed by atoms with Crippen molar-refractivity contribution in [1.82, 2.24) is 9.88 Å². The van der Waals surface area contributed by atoms with Crippen LogP contribution in [0.1, 0.15) is 15.9 Å². The summed E-state index contributed by atoms with van der Waals surface area (Å²) in [7, 11) is 4.88. The minimum Gasteiger partial charge on any atom is -0.493 e. The normalized spacial score (nSPS) is 13.3. The summed E-state index contributed by atoms with van der Waals surface area (Å²) in [5.41, 5.74) is 4.56. The molecule has 2 heterocycles. The van der Waals surface area contributed by atoms with Crippen molar-refractivity contribution in [1.29, 1.82) is 0 Å². The summed E-state index contributed by atoms with van der Waals surface area (Å²) in [6, 6.07) is 23.8. The van der Waals surface area contributed by atoms with E-state index in [1.165, 1.54) is 0 Å². The van der Waals surface area contributed by atoms with E-state index in [1.54, 1.807) is 21.3 Å². The van der Waals surface area contributed by atoms with Crippen LogP contribution in [0.25, 0.3) is 22.0 Å². The molecule has 8 nitrogen and oxygen atoms in total. The Morgan fingerprint density at radius 3 is 2.25 bits per heavy atom. The van der Waals surface area contributed by atoms with Crippen LogP contribution in [0.3, 0.4) is 0 Å². The van der Waals surface area contributed by atoms with E-state index in [9.17, 15) is 4.79 Å². The highest BCUT2D eigenvalue weighted by Crippen LogP contribution is 2.34. The van der Waals surface area contributed by atoms with Crippen LogP contribution in [0.5, 0.6) is 11.5 Å². The molecule has 0 N–H and O–H groups in total. The van der Waals surface area contributed by atoms with Gasteiger partial charge in [0, 0.05) is 55.9 Å². The highest BCUT2D eigenvalue weighted by molar-refractivity contribution is 5.95. The molecule has 1 saturated heterocycles. The Labute approximate surface area is 235 Å². The van der Waals surface area contributed by atoms with Gasteiger partial charge in [0.25, 0.3) is 5.91 Å². The number of benzene rings is 3. The molecule has 1 aromatic heterocycles. The molecule has 0 aliphatic carbocycles. The molecule has 1 aliphatic rings. The molecule has 1 fully saturated rings. The van der Waals surface area contributed by atoms with Gasteiger partial charge in [0.05, 0.1) is 39.6 Å². The number of amides is 1. The van der Waals surface area contributed by atoms with Crippen molar-refractivity contribution in [2.24, 2.45) is 0 Å². The number of rotatable bonds is 10. The zero-order valence-corrected chi connectivity index (χ0v) is 23.3. The summed E-state index contributed by atoms with van der Waals surface area (Å²) in [4.78, 5) is 22.9.